The van der Waals surface area contributed by atoms with Gasteiger partial charge in [0.05, 0.1) is 6.54 Å². The normalized spacial score (nSPS) is 18.6. The van der Waals surface area contributed by atoms with Crippen molar-refractivity contribution in [3.05, 3.63) is 18.2 Å². The molecule has 19 heavy (non-hydrogen) atoms. The van der Waals surface area contributed by atoms with Crippen LogP contribution in [0, 0.1) is 0 Å². The van der Waals surface area contributed by atoms with Crippen LogP contribution in [0.4, 0.5) is 0 Å². The van der Waals surface area contributed by atoms with Crippen molar-refractivity contribution >= 4 is 5.91 Å². The zero-order valence-electron chi connectivity index (χ0n) is 11.5. The van der Waals surface area contributed by atoms with Crippen molar-refractivity contribution in [1.82, 2.24) is 19.8 Å². The van der Waals surface area contributed by atoms with Crippen LogP contribution in [0.1, 0.15) is 37.9 Å². The fraction of sp³-hybridized carbons (Fsp3) is 0.714. The van der Waals surface area contributed by atoms with Crippen molar-refractivity contribution in [1.29, 1.82) is 0 Å². The third-order valence-electron chi connectivity index (χ3n) is 3.89. The molecule has 3 rings (SSSR count). The molecule has 0 atom stereocenters. The molecule has 0 radical (unpaired) electrons. The second kappa shape index (κ2) is 5.33. The lowest BCUT2D eigenvalue weighted by Crippen LogP contribution is -2.35. The number of carbonyl (C=O) groups excluding carboxylic acids is 1. The Balaban J connectivity index is 1.53. The first kappa shape index (κ1) is 12.7. The van der Waals surface area contributed by atoms with Gasteiger partial charge < -0.3 is 14.8 Å². The number of carbonyl (C=O) groups is 1. The Kier molecular flexibility index (Phi) is 3.55. The monoisotopic (exact) mass is 262 g/mol. The molecular formula is C14H22N4O. The molecule has 0 spiro atoms. The lowest BCUT2D eigenvalue weighted by Gasteiger charge is -2.22. The molecule has 5 nitrogen and oxygen atoms in total. The highest BCUT2D eigenvalue weighted by Gasteiger charge is 2.33. The quantitative estimate of drug-likeness (QED) is 0.799. The van der Waals surface area contributed by atoms with Crippen molar-refractivity contribution in [2.45, 2.75) is 50.7 Å². The molecule has 5 heteroatoms. The molecule has 0 aromatic carbocycles. The van der Waals surface area contributed by atoms with Gasteiger partial charge in [0.1, 0.15) is 5.82 Å². The predicted octanol–water partition coefficient (Wildman–Crippen LogP) is 1.05. The summed E-state index contributed by atoms with van der Waals surface area (Å²) in [6.07, 6.45) is 9.16. The summed E-state index contributed by atoms with van der Waals surface area (Å²) in [7, 11) is 1.98. The van der Waals surface area contributed by atoms with E-state index in [1.54, 1.807) is 6.20 Å². The van der Waals surface area contributed by atoms with E-state index in [9.17, 15) is 4.79 Å². The Morgan fingerprint density at radius 3 is 2.84 bits per heavy atom. The lowest BCUT2D eigenvalue weighted by atomic mass is 10.3. The maximum absolute atomic E-state index is 12.3. The summed E-state index contributed by atoms with van der Waals surface area (Å²) in [4.78, 5) is 18.6. The van der Waals surface area contributed by atoms with Gasteiger partial charge in [-0.25, -0.2) is 4.98 Å². The molecule has 1 N–H and O–H groups in total. The molecule has 1 aromatic heterocycles. The maximum Gasteiger partial charge on any atom is 0.224 e. The number of aryl methyl sites for hydroxylation is 1. The van der Waals surface area contributed by atoms with Crippen LogP contribution in [0.3, 0.4) is 0 Å². The van der Waals surface area contributed by atoms with Crippen LogP contribution in [0.2, 0.25) is 0 Å². The van der Waals surface area contributed by atoms with Crippen LogP contribution in [0.15, 0.2) is 12.4 Å². The summed E-state index contributed by atoms with van der Waals surface area (Å²) in [5.74, 6) is 1.23. The van der Waals surface area contributed by atoms with Crippen LogP contribution in [-0.4, -0.2) is 39.0 Å². The van der Waals surface area contributed by atoms with Crippen LogP contribution in [-0.2, 0) is 18.4 Å². The van der Waals surface area contributed by atoms with Gasteiger partial charge in [0.2, 0.25) is 5.91 Å². The van der Waals surface area contributed by atoms with Gasteiger partial charge in [-0.1, -0.05) is 0 Å². The fourth-order valence-corrected chi connectivity index (χ4v) is 2.32. The van der Waals surface area contributed by atoms with E-state index in [2.05, 4.69) is 10.3 Å². The SMILES string of the molecule is Cn1ccnc1CN(C(=O)CCNC1CC1)C1CC1. The molecule has 1 amide bonds. The zero-order chi connectivity index (χ0) is 13.2. The highest BCUT2D eigenvalue weighted by molar-refractivity contribution is 5.77. The van der Waals surface area contributed by atoms with Gasteiger partial charge in [-0.2, -0.15) is 0 Å². The van der Waals surface area contributed by atoms with E-state index in [1.807, 2.05) is 22.7 Å². The summed E-state index contributed by atoms with van der Waals surface area (Å²) >= 11 is 0. The fourth-order valence-electron chi connectivity index (χ4n) is 2.32. The van der Waals surface area contributed by atoms with Crippen molar-refractivity contribution in [2.75, 3.05) is 6.54 Å². The molecule has 0 aliphatic heterocycles. The number of rotatable bonds is 7. The molecule has 2 aliphatic rings. The smallest absolute Gasteiger partial charge is 0.224 e. The lowest BCUT2D eigenvalue weighted by molar-refractivity contribution is -0.132. The van der Waals surface area contributed by atoms with Gasteiger partial charge in [-0.3, -0.25) is 4.79 Å². The Morgan fingerprint density at radius 1 is 1.47 bits per heavy atom. The van der Waals surface area contributed by atoms with Gasteiger partial charge in [-0.15, -0.1) is 0 Å². The van der Waals surface area contributed by atoms with Crippen molar-refractivity contribution in [3.63, 3.8) is 0 Å². The highest BCUT2D eigenvalue weighted by atomic mass is 16.2. The first-order chi connectivity index (χ1) is 9.24. The van der Waals surface area contributed by atoms with Gasteiger partial charge in [0, 0.05) is 44.5 Å². The Hall–Kier alpha value is -1.36. The zero-order valence-corrected chi connectivity index (χ0v) is 11.5. The van der Waals surface area contributed by atoms with E-state index in [-0.39, 0.29) is 5.91 Å². The van der Waals surface area contributed by atoms with E-state index in [0.717, 1.165) is 25.2 Å². The largest absolute Gasteiger partial charge is 0.337 e. The molecule has 2 saturated carbocycles. The summed E-state index contributed by atoms with van der Waals surface area (Å²) in [5.41, 5.74) is 0. The summed E-state index contributed by atoms with van der Waals surface area (Å²) in [6.45, 7) is 1.46. The average molecular weight is 262 g/mol. The van der Waals surface area contributed by atoms with Crippen molar-refractivity contribution in [3.8, 4) is 0 Å². The van der Waals surface area contributed by atoms with E-state index in [0.29, 0.717) is 25.0 Å². The Morgan fingerprint density at radius 2 is 2.26 bits per heavy atom. The van der Waals surface area contributed by atoms with E-state index >= 15 is 0 Å². The number of hydrogen-bond acceptors (Lipinski definition) is 3. The van der Waals surface area contributed by atoms with E-state index in [4.69, 9.17) is 0 Å². The van der Waals surface area contributed by atoms with Gasteiger partial charge in [0.15, 0.2) is 0 Å². The predicted molar refractivity (Wildman–Crippen MR) is 72.4 cm³/mol. The first-order valence-corrected chi connectivity index (χ1v) is 7.23. The number of nitrogens with zero attached hydrogens (tertiary/aromatic N) is 3. The minimum Gasteiger partial charge on any atom is -0.337 e. The number of imidazole rings is 1. The summed E-state index contributed by atoms with van der Waals surface area (Å²) < 4.78 is 1.99. The molecule has 0 unspecified atom stereocenters. The molecule has 2 aliphatic carbocycles. The van der Waals surface area contributed by atoms with Gasteiger partial charge in [-0.05, 0) is 25.7 Å². The van der Waals surface area contributed by atoms with E-state index < -0.39 is 0 Å². The van der Waals surface area contributed by atoms with Crippen molar-refractivity contribution in [2.24, 2.45) is 7.05 Å². The number of nitrogens with one attached hydrogen (secondary N) is 1. The summed E-state index contributed by atoms with van der Waals surface area (Å²) in [6, 6.07) is 1.13. The molecular weight excluding hydrogens is 240 g/mol. The van der Waals surface area contributed by atoms with Crippen LogP contribution < -0.4 is 5.32 Å². The standard InChI is InChI=1S/C14H22N4O/c1-17-9-8-16-13(17)10-18(12-4-5-12)14(19)6-7-15-11-2-3-11/h8-9,11-12,15H,2-7,10H2,1H3. The minimum absolute atomic E-state index is 0.263. The Bertz CT molecular complexity index is 448. The minimum atomic E-state index is 0.263. The van der Waals surface area contributed by atoms with Gasteiger partial charge >= 0.3 is 0 Å². The third-order valence-corrected chi connectivity index (χ3v) is 3.89. The molecule has 1 heterocycles. The van der Waals surface area contributed by atoms with Gasteiger partial charge in [0.25, 0.3) is 0 Å². The molecule has 0 saturated heterocycles. The molecule has 2 fully saturated rings. The van der Waals surface area contributed by atoms with Crippen LogP contribution in [0.5, 0.6) is 0 Å². The third kappa shape index (κ3) is 3.35. The summed E-state index contributed by atoms with van der Waals surface area (Å²) in [5, 5.41) is 3.40. The molecule has 1 aromatic rings. The van der Waals surface area contributed by atoms with Crippen LogP contribution in [0.25, 0.3) is 0 Å². The average Bonchev–Trinajstić information content (AvgIpc) is 3.28. The van der Waals surface area contributed by atoms with E-state index in [1.165, 1.54) is 12.8 Å². The topological polar surface area (TPSA) is 50.2 Å². The second-order valence-corrected chi connectivity index (χ2v) is 5.69. The highest BCUT2D eigenvalue weighted by Crippen LogP contribution is 2.28. The van der Waals surface area contributed by atoms with Crippen LogP contribution >= 0.6 is 0 Å². The molecule has 0 bridgehead atoms. The second-order valence-electron chi connectivity index (χ2n) is 5.69. The number of aromatic nitrogens is 2. The number of amides is 1. The maximum atomic E-state index is 12.3. The van der Waals surface area contributed by atoms with Crippen molar-refractivity contribution < 1.29 is 4.79 Å². The number of hydrogen-bond donors (Lipinski definition) is 1. The Labute approximate surface area is 114 Å². The molecule has 104 valence electrons. The first-order valence-electron chi connectivity index (χ1n) is 7.23.